The fraction of sp³-hybridized carbons (Fsp3) is 0.467. The molecule has 20 heavy (non-hydrogen) atoms. The summed E-state index contributed by atoms with van der Waals surface area (Å²) in [6, 6.07) is 6.51. The molecule has 110 valence electrons. The molecule has 0 heterocycles. The van der Waals surface area contributed by atoms with E-state index in [4.69, 9.17) is 5.11 Å². The molecule has 0 bridgehead atoms. The summed E-state index contributed by atoms with van der Waals surface area (Å²) in [5.74, 6) is 5.67. The normalized spacial score (nSPS) is 11.2. The first kappa shape index (κ1) is 16.7. The van der Waals surface area contributed by atoms with Crippen molar-refractivity contribution in [2.45, 2.75) is 31.1 Å². The highest BCUT2D eigenvalue weighted by Crippen LogP contribution is 2.15. The zero-order valence-corrected chi connectivity index (χ0v) is 12.8. The van der Waals surface area contributed by atoms with Gasteiger partial charge in [0.2, 0.25) is 10.0 Å². The zero-order chi connectivity index (χ0) is 15.0. The van der Waals surface area contributed by atoms with E-state index in [-0.39, 0.29) is 11.5 Å². The van der Waals surface area contributed by atoms with E-state index in [9.17, 15) is 8.42 Å². The average Bonchev–Trinajstić information content (AvgIpc) is 2.45. The van der Waals surface area contributed by atoms with Crippen LogP contribution in [-0.4, -0.2) is 38.0 Å². The Labute approximate surface area is 121 Å². The van der Waals surface area contributed by atoms with Gasteiger partial charge in [-0.3, -0.25) is 0 Å². The summed E-state index contributed by atoms with van der Waals surface area (Å²) in [6.45, 7) is 2.58. The summed E-state index contributed by atoms with van der Waals surface area (Å²) < 4.78 is 25.9. The van der Waals surface area contributed by atoms with E-state index in [2.05, 4.69) is 11.8 Å². The van der Waals surface area contributed by atoms with E-state index in [0.29, 0.717) is 13.0 Å². The number of benzene rings is 1. The van der Waals surface area contributed by atoms with Gasteiger partial charge < -0.3 is 5.11 Å². The summed E-state index contributed by atoms with van der Waals surface area (Å²) >= 11 is 0. The number of rotatable bonds is 6. The minimum absolute atomic E-state index is 0.0295. The molecule has 0 unspecified atom stereocenters. The van der Waals surface area contributed by atoms with Crippen molar-refractivity contribution < 1.29 is 13.5 Å². The third-order valence-electron chi connectivity index (χ3n) is 2.86. The second kappa shape index (κ2) is 8.05. The molecule has 0 radical (unpaired) electrons. The summed E-state index contributed by atoms with van der Waals surface area (Å²) in [5, 5.41) is 8.64. The molecule has 0 atom stereocenters. The largest absolute Gasteiger partial charge is 0.395 e. The maximum absolute atomic E-state index is 12.3. The summed E-state index contributed by atoms with van der Waals surface area (Å²) in [7, 11) is -1.81. The maximum Gasteiger partial charge on any atom is 0.242 e. The quantitative estimate of drug-likeness (QED) is 0.815. The fourth-order valence-corrected chi connectivity index (χ4v) is 2.82. The van der Waals surface area contributed by atoms with Crippen LogP contribution in [0.2, 0.25) is 0 Å². The minimum atomic E-state index is -3.41. The van der Waals surface area contributed by atoms with Crippen LogP contribution < -0.4 is 0 Å². The average molecular weight is 295 g/mol. The number of aliphatic hydroxyl groups is 1. The predicted molar refractivity (Wildman–Crippen MR) is 79.7 cm³/mol. The molecular formula is C15H21NO3S. The third-order valence-corrected chi connectivity index (χ3v) is 4.73. The molecule has 1 rings (SSSR count). The van der Waals surface area contributed by atoms with Crippen LogP contribution in [0.5, 0.6) is 0 Å². The standard InChI is InChI=1S/C15H21NO3S/c1-3-4-12-16(2)20(18,19)15-10-8-14(9-11-15)7-5-6-13-17/h8-11,17H,3-4,6,12-13H2,1-2H3. The van der Waals surface area contributed by atoms with Crippen molar-refractivity contribution in [2.24, 2.45) is 0 Å². The van der Waals surface area contributed by atoms with Crippen LogP contribution in [0.3, 0.4) is 0 Å². The molecule has 0 saturated carbocycles. The van der Waals surface area contributed by atoms with Crippen LogP contribution in [0.4, 0.5) is 0 Å². The molecule has 0 spiro atoms. The van der Waals surface area contributed by atoms with Gasteiger partial charge in [0.05, 0.1) is 11.5 Å². The molecule has 0 aliphatic carbocycles. The predicted octanol–water partition coefficient (Wildman–Crippen LogP) is 1.84. The zero-order valence-electron chi connectivity index (χ0n) is 12.0. The molecule has 1 aromatic carbocycles. The molecule has 0 aliphatic heterocycles. The first-order chi connectivity index (χ1) is 9.52. The van der Waals surface area contributed by atoms with E-state index >= 15 is 0 Å². The highest BCUT2D eigenvalue weighted by atomic mass is 32.2. The lowest BCUT2D eigenvalue weighted by Gasteiger charge is -2.16. The van der Waals surface area contributed by atoms with Crippen LogP contribution >= 0.6 is 0 Å². The van der Waals surface area contributed by atoms with Gasteiger partial charge in [-0.05, 0) is 30.7 Å². The summed E-state index contributed by atoms with van der Waals surface area (Å²) in [5.41, 5.74) is 0.744. The molecule has 0 aromatic heterocycles. The van der Waals surface area contributed by atoms with Gasteiger partial charge in [0.1, 0.15) is 0 Å². The van der Waals surface area contributed by atoms with Crippen molar-refractivity contribution in [3.8, 4) is 11.8 Å². The maximum atomic E-state index is 12.3. The molecule has 1 N–H and O–H groups in total. The van der Waals surface area contributed by atoms with Crippen molar-refractivity contribution in [1.29, 1.82) is 0 Å². The third kappa shape index (κ3) is 4.64. The number of hydrogen-bond donors (Lipinski definition) is 1. The Balaban J connectivity index is 2.85. The highest BCUT2D eigenvalue weighted by molar-refractivity contribution is 7.89. The van der Waals surface area contributed by atoms with Crippen LogP contribution in [-0.2, 0) is 10.0 Å². The Morgan fingerprint density at radius 1 is 1.25 bits per heavy atom. The van der Waals surface area contributed by atoms with Crippen molar-refractivity contribution >= 4 is 10.0 Å². The van der Waals surface area contributed by atoms with Gasteiger partial charge in [0.25, 0.3) is 0 Å². The molecule has 0 amide bonds. The summed E-state index contributed by atoms with van der Waals surface area (Å²) in [6.07, 6.45) is 2.22. The fourth-order valence-electron chi connectivity index (χ4n) is 1.61. The van der Waals surface area contributed by atoms with Crippen LogP contribution in [0.25, 0.3) is 0 Å². The van der Waals surface area contributed by atoms with Gasteiger partial charge in [-0.1, -0.05) is 25.2 Å². The molecular weight excluding hydrogens is 274 g/mol. The molecule has 0 aliphatic rings. The minimum Gasteiger partial charge on any atom is -0.395 e. The molecule has 1 aromatic rings. The topological polar surface area (TPSA) is 57.6 Å². The van der Waals surface area contributed by atoms with Crippen molar-refractivity contribution in [1.82, 2.24) is 4.31 Å². The van der Waals surface area contributed by atoms with Crippen LogP contribution in [0.15, 0.2) is 29.2 Å². The van der Waals surface area contributed by atoms with Gasteiger partial charge in [-0.15, -0.1) is 0 Å². The second-order valence-corrected chi connectivity index (χ2v) is 6.52. The van der Waals surface area contributed by atoms with E-state index in [1.54, 1.807) is 31.3 Å². The number of aliphatic hydroxyl groups excluding tert-OH is 1. The molecule has 0 saturated heterocycles. The SMILES string of the molecule is CCCCN(C)S(=O)(=O)c1ccc(C#CCCO)cc1. The van der Waals surface area contributed by atoms with Crippen LogP contribution in [0, 0.1) is 11.8 Å². The van der Waals surface area contributed by atoms with E-state index in [1.165, 1.54) is 4.31 Å². The van der Waals surface area contributed by atoms with Crippen LogP contribution in [0.1, 0.15) is 31.7 Å². The van der Waals surface area contributed by atoms with Gasteiger partial charge >= 0.3 is 0 Å². The first-order valence-corrected chi connectivity index (χ1v) is 8.12. The second-order valence-electron chi connectivity index (χ2n) is 4.48. The van der Waals surface area contributed by atoms with Gasteiger partial charge in [-0.2, -0.15) is 0 Å². The smallest absolute Gasteiger partial charge is 0.242 e. The van der Waals surface area contributed by atoms with Gasteiger partial charge in [-0.25, -0.2) is 12.7 Å². The molecule has 4 nitrogen and oxygen atoms in total. The van der Waals surface area contributed by atoms with Crippen molar-refractivity contribution in [2.75, 3.05) is 20.2 Å². The van der Waals surface area contributed by atoms with Crippen molar-refractivity contribution in [3.63, 3.8) is 0 Å². The lowest BCUT2D eigenvalue weighted by atomic mass is 10.2. The highest BCUT2D eigenvalue weighted by Gasteiger charge is 2.19. The Hall–Kier alpha value is -1.35. The Kier molecular flexibility index (Phi) is 6.73. The monoisotopic (exact) mass is 295 g/mol. The number of hydrogen-bond acceptors (Lipinski definition) is 3. The van der Waals surface area contributed by atoms with Gasteiger partial charge in [0, 0.05) is 25.6 Å². The number of unbranched alkanes of at least 4 members (excludes halogenated alkanes) is 1. The van der Waals surface area contributed by atoms with E-state index in [1.807, 2.05) is 6.92 Å². The van der Waals surface area contributed by atoms with E-state index < -0.39 is 10.0 Å². The Bertz CT molecular complexity index is 567. The Morgan fingerprint density at radius 3 is 2.45 bits per heavy atom. The first-order valence-electron chi connectivity index (χ1n) is 6.68. The molecule has 0 fully saturated rings. The van der Waals surface area contributed by atoms with E-state index in [0.717, 1.165) is 18.4 Å². The number of nitrogens with zero attached hydrogens (tertiary/aromatic N) is 1. The van der Waals surface area contributed by atoms with Gasteiger partial charge in [0.15, 0.2) is 0 Å². The lowest BCUT2D eigenvalue weighted by molar-refractivity contribution is 0.305. The number of sulfonamides is 1. The van der Waals surface area contributed by atoms with Crippen molar-refractivity contribution in [3.05, 3.63) is 29.8 Å². The Morgan fingerprint density at radius 2 is 1.90 bits per heavy atom. The lowest BCUT2D eigenvalue weighted by Crippen LogP contribution is -2.27. The molecule has 5 heteroatoms. The summed E-state index contributed by atoms with van der Waals surface area (Å²) in [4.78, 5) is 0.281.